The minimum Gasteiger partial charge on any atom is -0.383 e. The van der Waals surface area contributed by atoms with Crippen molar-refractivity contribution in [3.05, 3.63) is 34.7 Å². The quantitative estimate of drug-likeness (QED) is 0.925. The van der Waals surface area contributed by atoms with E-state index in [4.69, 9.17) is 22.1 Å². The van der Waals surface area contributed by atoms with Gasteiger partial charge in [-0.05, 0) is 31.0 Å². The Balaban J connectivity index is 2.12. The number of anilines is 1. The Kier molecular flexibility index (Phi) is 3.87. The van der Waals surface area contributed by atoms with Crippen LogP contribution in [0.5, 0.6) is 0 Å². The maximum absolute atomic E-state index is 13.3. The lowest BCUT2D eigenvalue weighted by atomic mass is 9.91. The van der Waals surface area contributed by atoms with E-state index >= 15 is 0 Å². The average molecular weight is 310 g/mol. The Morgan fingerprint density at radius 2 is 2.10 bits per heavy atom. The molecule has 21 heavy (non-hydrogen) atoms. The molecule has 3 rings (SSSR count). The molecule has 1 aromatic heterocycles. The molecule has 2 N–H and O–H groups in total. The number of benzene rings is 1. The van der Waals surface area contributed by atoms with Crippen molar-refractivity contribution in [1.29, 1.82) is 0 Å². The molecule has 0 amide bonds. The zero-order valence-electron chi connectivity index (χ0n) is 11.8. The van der Waals surface area contributed by atoms with Crippen molar-refractivity contribution in [2.45, 2.75) is 18.8 Å². The maximum Gasteiger partial charge on any atom is 0.129 e. The third-order valence-electron chi connectivity index (χ3n) is 3.93. The van der Waals surface area contributed by atoms with Crippen LogP contribution < -0.4 is 5.73 Å². The fourth-order valence-electron chi connectivity index (χ4n) is 2.78. The van der Waals surface area contributed by atoms with Crippen molar-refractivity contribution < 1.29 is 9.13 Å². The number of aryl methyl sites for hydroxylation is 1. The van der Waals surface area contributed by atoms with Crippen LogP contribution >= 0.6 is 11.6 Å². The standard InChI is InChI=1S/C15H17ClFN3O/c1-20-15(18)13(11-3-2-10(17)8-12(11)16)14(19-20)9-4-6-21-7-5-9/h2-3,8-9H,4-7,18H2,1H3. The Labute approximate surface area is 127 Å². The molecular weight excluding hydrogens is 293 g/mol. The molecule has 0 aliphatic carbocycles. The van der Waals surface area contributed by atoms with Crippen LogP contribution in [0.25, 0.3) is 11.1 Å². The van der Waals surface area contributed by atoms with Crippen LogP contribution in [0.15, 0.2) is 18.2 Å². The molecule has 2 heterocycles. The van der Waals surface area contributed by atoms with Gasteiger partial charge in [-0.25, -0.2) is 4.39 Å². The fraction of sp³-hybridized carbons (Fsp3) is 0.400. The molecule has 0 spiro atoms. The van der Waals surface area contributed by atoms with E-state index in [9.17, 15) is 4.39 Å². The Morgan fingerprint density at radius 3 is 2.76 bits per heavy atom. The highest BCUT2D eigenvalue weighted by Gasteiger charge is 2.26. The van der Waals surface area contributed by atoms with Crippen LogP contribution in [-0.2, 0) is 11.8 Å². The topological polar surface area (TPSA) is 53.1 Å². The van der Waals surface area contributed by atoms with Crippen molar-refractivity contribution in [2.24, 2.45) is 7.05 Å². The lowest BCUT2D eigenvalue weighted by Gasteiger charge is -2.21. The Bertz CT molecular complexity index is 665. The summed E-state index contributed by atoms with van der Waals surface area (Å²) in [5.41, 5.74) is 8.63. The van der Waals surface area contributed by atoms with Crippen LogP contribution in [0.1, 0.15) is 24.5 Å². The lowest BCUT2D eigenvalue weighted by molar-refractivity contribution is 0.0845. The third kappa shape index (κ3) is 2.63. The summed E-state index contributed by atoms with van der Waals surface area (Å²) < 4.78 is 20.3. The fourth-order valence-corrected chi connectivity index (χ4v) is 3.05. The number of nitrogens with zero attached hydrogens (tertiary/aromatic N) is 2. The van der Waals surface area contributed by atoms with E-state index < -0.39 is 0 Å². The Morgan fingerprint density at radius 1 is 1.38 bits per heavy atom. The highest BCUT2D eigenvalue weighted by atomic mass is 35.5. The molecule has 1 fully saturated rings. The van der Waals surface area contributed by atoms with Crippen molar-refractivity contribution >= 4 is 17.4 Å². The van der Waals surface area contributed by atoms with Crippen molar-refractivity contribution in [2.75, 3.05) is 18.9 Å². The predicted molar refractivity (Wildman–Crippen MR) is 80.8 cm³/mol. The molecule has 112 valence electrons. The average Bonchev–Trinajstić information content (AvgIpc) is 2.76. The van der Waals surface area contributed by atoms with Gasteiger partial charge in [-0.3, -0.25) is 4.68 Å². The normalized spacial score (nSPS) is 16.3. The molecule has 4 nitrogen and oxygen atoms in total. The predicted octanol–water partition coefficient (Wildman–Crippen LogP) is 3.36. The monoisotopic (exact) mass is 309 g/mol. The summed E-state index contributed by atoms with van der Waals surface area (Å²) in [4.78, 5) is 0. The molecule has 0 radical (unpaired) electrons. The summed E-state index contributed by atoms with van der Waals surface area (Å²) in [5, 5.41) is 4.91. The van der Waals surface area contributed by atoms with Gasteiger partial charge in [0.15, 0.2) is 0 Å². The molecule has 1 aromatic carbocycles. The van der Waals surface area contributed by atoms with Gasteiger partial charge in [0.2, 0.25) is 0 Å². The second-order valence-electron chi connectivity index (χ2n) is 5.28. The summed E-state index contributed by atoms with van der Waals surface area (Å²) in [5.74, 6) is 0.474. The van der Waals surface area contributed by atoms with Crippen LogP contribution in [-0.4, -0.2) is 23.0 Å². The first kappa shape index (κ1) is 14.4. The molecule has 2 aromatic rings. The number of halogens is 2. The number of ether oxygens (including phenoxy) is 1. The molecule has 1 saturated heterocycles. The molecule has 1 aliphatic rings. The summed E-state index contributed by atoms with van der Waals surface area (Å²) in [7, 11) is 1.80. The van der Waals surface area contributed by atoms with Gasteiger partial charge in [0.1, 0.15) is 11.6 Å². The van der Waals surface area contributed by atoms with E-state index in [-0.39, 0.29) is 5.82 Å². The van der Waals surface area contributed by atoms with Crippen LogP contribution in [0, 0.1) is 5.82 Å². The van der Waals surface area contributed by atoms with Crippen LogP contribution in [0.2, 0.25) is 5.02 Å². The van der Waals surface area contributed by atoms with E-state index in [1.54, 1.807) is 17.8 Å². The van der Waals surface area contributed by atoms with Gasteiger partial charge in [-0.2, -0.15) is 5.10 Å². The summed E-state index contributed by atoms with van der Waals surface area (Å²) >= 11 is 6.20. The van der Waals surface area contributed by atoms with E-state index in [0.717, 1.165) is 42.9 Å². The minimum atomic E-state index is -0.362. The first-order valence-electron chi connectivity index (χ1n) is 6.93. The largest absolute Gasteiger partial charge is 0.383 e. The maximum atomic E-state index is 13.3. The zero-order chi connectivity index (χ0) is 15.0. The molecule has 0 unspecified atom stereocenters. The number of hydrogen-bond donors (Lipinski definition) is 1. The number of rotatable bonds is 2. The molecule has 0 atom stereocenters. The zero-order valence-corrected chi connectivity index (χ0v) is 12.5. The smallest absolute Gasteiger partial charge is 0.129 e. The van der Waals surface area contributed by atoms with E-state index in [0.29, 0.717) is 16.8 Å². The number of hydrogen-bond acceptors (Lipinski definition) is 3. The van der Waals surface area contributed by atoms with Gasteiger partial charge < -0.3 is 10.5 Å². The van der Waals surface area contributed by atoms with Crippen molar-refractivity contribution in [3.63, 3.8) is 0 Å². The van der Waals surface area contributed by atoms with Gasteiger partial charge in [0.05, 0.1) is 10.7 Å². The highest BCUT2D eigenvalue weighted by molar-refractivity contribution is 6.33. The first-order valence-corrected chi connectivity index (χ1v) is 7.31. The first-order chi connectivity index (χ1) is 10.1. The van der Waals surface area contributed by atoms with Crippen molar-refractivity contribution in [3.8, 4) is 11.1 Å². The molecule has 1 aliphatic heterocycles. The molecule has 0 saturated carbocycles. The van der Waals surface area contributed by atoms with Gasteiger partial charge >= 0.3 is 0 Å². The van der Waals surface area contributed by atoms with E-state index in [1.807, 2.05) is 0 Å². The molecule has 0 bridgehead atoms. The van der Waals surface area contributed by atoms with Gasteiger partial charge in [-0.15, -0.1) is 0 Å². The molecular formula is C15H17ClFN3O. The SMILES string of the molecule is Cn1nc(C2CCOCC2)c(-c2ccc(F)cc2Cl)c1N. The Hall–Kier alpha value is -1.59. The molecule has 6 heteroatoms. The van der Waals surface area contributed by atoms with Crippen LogP contribution in [0.4, 0.5) is 10.2 Å². The lowest BCUT2D eigenvalue weighted by Crippen LogP contribution is -2.15. The van der Waals surface area contributed by atoms with Gasteiger partial charge in [0, 0.05) is 37.3 Å². The number of nitrogen functional groups attached to an aromatic ring is 1. The number of aromatic nitrogens is 2. The minimum absolute atomic E-state index is 0.290. The summed E-state index contributed by atoms with van der Waals surface area (Å²) in [6, 6.07) is 4.35. The highest BCUT2D eigenvalue weighted by Crippen LogP contribution is 2.40. The number of nitrogens with two attached hydrogens (primary N) is 1. The van der Waals surface area contributed by atoms with E-state index in [2.05, 4.69) is 5.10 Å². The summed E-state index contributed by atoms with van der Waals surface area (Å²) in [6.07, 6.45) is 1.81. The van der Waals surface area contributed by atoms with Crippen LogP contribution in [0.3, 0.4) is 0 Å². The van der Waals surface area contributed by atoms with Gasteiger partial charge in [0.25, 0.3) is 0 Å². The third-order valence-corrected chi connectivity index (χ3v) is 4.24. The van der Waals surface area contributed by atoms with E-state index in [1.165, 1.54) is 12.1 Å². The summed E-state index contributed by atoms with van der Waals surface area (Å²) in [6.45, 7) is 1.44. The second-order valence-corrected chi connectivity index (χ2v) is 5.69. The van der Waals surface area contributed by atoms with Crippen molar-refractivity contribution in [1.82, 2.24) is 9.78 Å². The second kappa shape index (κ2) is 5.66. The van der Waals surface area contributed by atoms with Gasteiger partial charge in [-0.1, -0.05) is 11.6 Å².